The molecule has 0 N–H and O–H groups in total. The third kappa shape index (κ3) is 3.24. The molecule has 0 radical (unpaired) electrons. The van der Waals surface area contributed by atoms with Crippen LogP contribution in [0.4, 0.5) is 0 Å². The Labute approximate surface area is 205 Å². The van der Waals surface area contributed by atoms with Crippen LogP contribution in [0, 0.1) is 0 Å². The molecule has 162 valence electrons. The van der Waals surface area contributed by atoms with E-state index in [1.807, 2.05) is 24.0 Å². The summed E-state index contributed by atoms with van der Waals surface area (Å²) in [5.41, 5.74) is 7.67. The third-order valence-electron chi connectivity index (χ3n) is 6.08. The van der Waals surface area contributed by atoms with Gasteiger partial charge in [0, 0.05) is 29.3 Å². The van der Waals surface area contributed by atoms with Crippen LogP contribution in [0.25, 0.3) is 44.2 Å². The summed E-state index contributed by atoms with van der Waals surface area (Å²) in [6.07, 6.45) is 5.39. The third-order valence-corrected chi connectivity index (χ3v) is 8.26. The molecule has 10 heteroatoms. The minimum absolute atomic E-state index is 0.513. The Balaban J connectivity index is 1.64. The molecule has 0 saturated heterocycles. The molecule has 1 aliphatic rings. The smallest absolute Gasteiger partial charge is 0.241 e. The summed E-state index contributed by atoms with van der Waals surface area (Å²) in [6.45, 7) is 0.611. The van der Waals surface area contributed by atoms with Crippen molar-refractivity contribution in [3.8, 4) is 28.3 Å². The minimum Gasteiger partial charge on any atom is -0.476 e. The molecule has 6 rings (SSSR count). The number of nitrogens with zero attached hydrogens (tertiary/aromatic N) is 6. The molecule has 1 unspecified atom stereocenters. The molecule has 0 fully saturated rings. The molecule has 0 aliphatic carbocycles. The predicted molar refractivity (Wildman–Crippen MR) is 141 cm³/mol. The molecule has 0 saturated carbocycles. The van der Waals surface area contributed by atoms with Crippen molar-refractivity contribution in [3.05, 3.63) is 48.3 Å². The van der Waals surface area contributed by atoms with Crippen LogP contribution in [-0.4, -0.2) is 35.1 Å². The fourth-order valence-corrected chi connectivity index (χ4v) is 6.24. The van der Waals surface area contributed by atoms with E-state index >= 15 is 0 Å². The van der Waals surface area contributed by atoms with E-state index < -0.39 is 0 Å². The van der Waals surface area contributed by atoms with Crippen LogP contribution in [-0.2, 0) is 13.5 Å². The molecule has 3 aromatic heterocycles. The van der Waals surface area contributed by atoms with Gasteiger partial charge in [-0.2, -0.15) is 10.2 Å². The molecule has 7 nitrogen and oxygen atoms in total. The predicted octanol–water partition coefficient (Wildman–Crippen LogP) is 5.65. The first-order chi connectivity index (χ1) is 15.6. The summed E-state index contributed by atoms with van der Waals surface area (Å²) in [5.74, 6) is 0.619. The van der Waals surface area contributed by atoms with Gasteiger partial charge >= 0.3 is 0 Å². The Morgan fingerprint density at radius 2 is 1.84 bits per heavy atom. The number of fused-ring (bicyclic) bond motifs is 5. The molecule has 1 atom stereocenters. The van der Waals surface area contributed by atoms with Gasteiger partial charge in [0.1, 0.15) is 5.69 Å². The number of hydrogen-bond donors (Lipinski definition) is 1. The number of benzene rings is 2. The van der Waals surface area contributed by atoms with E-state index in [0.717, 1.165) is 52.3 Å². The largest absolute Gasteiger partial charge is 0.476 e. The van der Waals surface area contributed by atoms with Crippen molar-refractivity contribution in [3.63, 3.8) is 0 Å². The highest BCUT2D eigenvalue weighted by molar-refractivity contribution is 14.2. The first kappa shape index (κ1) is 20.5. The second-order valence-electron chi connectivity index (χ2n) is 7.94. The van der Waals surface area contributed by atoms with Crippen LogP contribution >= 0.6 is 41.2 Å². The lowest BCUT2D eigenvalue weighted by molar-refractivity contribution is 0.297. The van der Waals surface area contributed by atoms with Crippen LogP contribution < -0.4 is 4.74 Å². The quantitative estimate of drug-likeness (QED) is 0.160. The Morgan fingerprint density at radius 3 is 2.72 bits per heavy atom. The van der Waals surface area contributed by atoms with Crippen molar-refractivity contribution in [2.24, 2.45) is 7.05 Å². The van der Waals surface area contributed by atoms with E-state index in [9.17, 15) is 0 Å². The monoisotopic (exact) mass is 574 g/mol. The number of aryl methyl sites for hydroxylation is 1. The highest BCUT2D eigenvalue weighted by Crippen LogP contribution is 2.39. The van der Waals surface area contributed by atoms with Crippen molar-refractivity contribution < 1.29 is 4.74 Å². The second kappa shape index (κ2) is 8.04. The minimum atomic E-state index is 0.513. The molecule has 32 heavy (non-hydrogen) atoms. The lowest BCUT2D eigenvalue weighted by atomic mass is 9.99. The van der Waals surface area contributed by atoms with Crippen molar-refractivity contribution >= 4 is 63.0 Å². The fourth-order valence-electron chi connectivity index (χ4n) is 4.46. The number of aromatic nitrogens is 6. The summed E-state index contributed by atoms with van der Waals surface area (Å²) in [7, 11) is 2.02. The van der Waals surface area contributed by atoms with Gasteiger partial charge in [-0.25, -0.2) is 8.54 Å². The summed E-state index contributed by atoms with van der Waals surface area (Å²) < 4.78 is 11.7. The highest BCUT2D eigenvalue weighted by atomic mass is 127. The van der Waals surface area contributed by atoms with Crippen LogP contribution in [0.15, 0.2) is 42.6 Å². The van der Waals surface area contributed by atoms with Crippen molar-refractivity contribution in [1.82, 2.24) is 28.5 Å². The summed E-state index contributed by atoms with van der Waals surface area (Å²) in [5, 5.41) is 16.1. The zero-order chi connectivity index (χ0) is 21.8. The fraction of sp³-hybridized carbons (Fsp3) is 0.227. The van der Waals surface area contributed by atoms with E-state index in [1.54, 1.807) is 4.09 Å². The summed E-state index contributed by atoms with van der Waals surface area (Å²) >= 11 is 6.87. The van der Waals surface area contributed by atoms with Gasteiger partial charge < -0.3 is 4.74 Å². The van der Waals surface area contributed by atoms with Gasteiger partial charge in [0.25, 0.3) is 0 Å². The van der Waals surface area contributed by atoms with Gasteiger partial charge in [0.2, 0.25) is 5.88 Å². The van der Waals surface area contributed by atoms with Gasteiger partial charge in [-0.15, -0.1) is 5.10 Å². The van der Waals surface area contributed by atoms with E-state index in [1.165, 1.54) is 16.8 Å². The first-order valence-electron chi connectivity index (χ1n) is 10.4. The van der Waals surface area contributed by atoms with E-state index in [2.05, 4.69) is 79.8 Å². The van der Waals surface area contributed by atoms with Gasteiger partial charge in [-0.1, -0.05) is 12.1 Å². The van der Waals surface area contributed by atoms with E-state index in [0.29, 0.717) is 18.9 Å². The number of rotatable bonds is 1. The molecular formula is C22H20IN6OPS. The molecule has 5 aromatic rings. The average molecular weight is 574 g/mol. The Kier molecular flexibility index (Phi) is 5.15. The lowest BCUT2D eigenvalue weighted by Crippen LogP contribution is -2.03. The van der Waals surface area contributed by atoms with Crippen LogP contribution in [0.2, 0.25) is 0 Å². The van der Waals surface area contributed by atoms with Gasteiger partial charge in [-0.05, 0) is 83.9 Å². The molecule has 4 heterocycles. The molecule has 0 amide bonds. The average Bonchev–Trinajstić information content (AvgIpc) is 3.46. The zero-order valence-corrected chi connectivity index (χ0v) is 21.3. The van der Waals surface area contributed by atoms with E-state index in [4.69, 9.17) is 9.84 Å². The van der Waals surface area contributed by atoms with E-state index in [-0.39, 0.29) is 0 Å². The van der Waals surface area contributed by atoms with Crippen LogP contribution in [0.5, 0.6) is 5.88 Å². The summed E-state index contributed by atoms with van der Waals surface area (Å²) in [6, 6.07) is 12.9. The summed E-state index contributed by atoms with van der Waals surface area (Å²) in [4.78, 5) is 0. The highest BCUT2D eigenvalue weighted by Gasteiger charge is 2.19. The first-order valence-corrected chi connectivity index (χ1v) is 14.9. The molecular weight excluding hydrogens is 554 g/mol. The maximum absolute atomic E-state index is 6.09. The van der Waals surface area contributed by atoms with Crippen molar-refractivity contribution in [2.75, 3.05) is 6.61 Å². The lowest BCUT2D eigenvalue weighted by Gasteiger charge is -2.08. The Morgan fingerprint density at radius 1 is 1.03 bits per heavy atom. The Bertz CT molecular complexity index is 1490. The van der Waals surface area contributed by atoms with Gasteiger partial charge in [0.15, 0.2) is 0 Å². The zero-order valence-electron chi connectivity index (χ0n) is 17.3. The number of ether oxygens (including phenoxy) is 1. The number of hydrogen-bond acceptors (Lipinski definition) is 5. The topological polar surface area (TPSA) is 62.7 Å². The maximum atomic E-state index is 6.09. The number of halogens is 1. The number of thiol groups is 1. The molecule has 4 bridgehead atoms. The van der Waals surface area contributed by atoms with Crippen LogP contribution in [0.1, 0.15) is 18.5 Å². The van der Waals surface area contributed by atoms with Crippen LogP contribution in [0.3, 0.4) is 0 Å². The SMILES string of the molecule is Cn1ncc2c1CCCCOc1nn(S)c3ccc(cc13)-c1nn(PI)c3ccc-2cc13. The second-order valence-corrected chi connectivity index (χ2v) is 10.4. The standard InChI is InChI=1S/C22H20IN6OPS/c1-27-18-4-2-3-9-30-22-16-11-14(6-8-20(16)29(32)26-22)21-15-10-13(17(18)12-24-27)5-7-19(15)28(25-21)31-23/h5-8,10-12,31-32H,2-4,9H2,1H3. The normalized spacial score (nSPS) is 14.3. The van der Waals surface area contributed by atoms with Crippen molar-refractivity contribution in [1.29, 1.82) is 0 Å². The maximum Gasteiger partial charge on any atom is 0.241 e. The van der Waals surface area contributed by atoms with Gasteiger partial charge in [0.05, 0.1) is 35.6 Å². The van der Waals surface area contributed by atoms with Crippen molar-refractivity contribution in [2.45, 2.75) is 19.3 Å². The van der Waals surface area contributed by atoms with Gasteiger partial charge in [-0.3, -0.25) is 4.68 Å². The molecule has 0 spiro atoms. The Hall–Kier alpha value is -2.10. The molecule has 2 aromatic carbocycles. The molecule has 1 aliphatic heterocycles.